The van der Waals surface area contributed by atoms with Gasteiger partial charge in [-0.1, -0.05) is 56.3 Å². The molecule has 0 fully saturated rings. The summed E-state index contributed by atoms with van der Waals surface area (Å²) in [4.78, 5) is 11.6. The molecule has 0 heterocycles. The van der Waals surface area contributed by atoms with E-state index in [0.29, 0.717) is 5.92 Å². The highest BCUT2D eigenvalue weighted by atomic mass is 19.1. The summed E-state index contributed by atoms with van der Waals surface area (Å²) >= 11 is 0. The second-order valence-electron chi connectivity index (χ2n) is 6.23. The maximum atomic E-state index is 13.0. The molecule has 0 aromatic heterocycles. The van der Waals surface area contributed by atoms with E-state index < -0.39 is 0 Å². The van der Waals surface area contributed by atoms with Gasteiger partial charge in [0.05, 0.1) is 0 Å². The van der Waals surface area contributed by atoms with E-state index >= 15 is 0 Å². The quantitative estimate of drug-likeness (QED) is 0.677. The van der Waals surface area contributed by atoms with E-state index in [0.717, 1.165) is 24.7 Å². The normalized spacial score (nSPS) is 13.8. The molecule has 2 aromatic carbocycles. The van der Waals surface area contributed by atoms with Gasteiger partial charge >= 0.3 is 0 Å². The Morgan fingerprint density at radius 2 is 1.50 bits per heavy atom. The van der Waals surface area contributed by atoms with Gasteiger partial charge in [-0.3, -0.25) is 0 Å². The van der Waals surface area contributed by atoms with Crippen molar-refractivity contribution in [1.29, 1.82) is 0 Å². The van der Waals surface area contributed by atoms with Gasteiger partial charge in [0.25, 0.3) is 0 Å². The highest BCUT2D eigenvalue weighted by molar-refractivity contribution is 5.55. The number of halogens is 1. The van der Waals surface area contributed by atoms with Crippen LogP contribution in [-0.2, 0) is 17.6 Å². The van der Waals surface area contributed by atoms with Gasteiger partial charge in [0.2, 0.25) is 0 Å². The minimum atomic E-state index is -0.221. The van der Waals surface area contributed by atoms with Crippen LogP contribution in [0.4, 0.5) is 4.39 Å². The Morgan fingerprint density at radius 3 is 2.05 bits per heavy atom. The summed E-state index contributed by atoms with van der Waals surface area (Å²) in [7, 11) is 0. The lowest BCUT2D eigenvalue weighted by molar-refractivity contribution is -0.113. The molecule has 0 aliphatic rings. The van der Waals surface area contributed by atoms with Crippen molar-refractivity contribution < 1.29 is 9.18 Å². The van der Waals surface area contributed by atoms with Crippen LogP contribution in [0.1, 0.15) is 25.0 Å². The predicted molar refractivity (Wildman–Crippen MR) is 88.1 cm³/mol. The molecule has 2 rings (SSSR count). The number of hydrogen-bond donors (Lipinski definition) is 0. The highest BCUT2D eigenvalue weighted by Gasteiger charge is 2.24. The zero-order valence-electron chi connectivity index (χ0n) is 13.2. The van der Waals surface area contributed by atoms with E-state index in [-0.39, 0.29) is 17.7 Å². The Bertz CT molecular complexity index is 574. The number of aldehydes is 1. The third kappa shape index (κ3) is 4.52. The largest absolute Gasteiger partial charge is 0.303 e. The lowest BCUT2D eigenvalue weighted by Crippen LogP contribution is -2.25. The summed E-state index contributed by atoms with van der Waals surface area (Å²) < 4.78 is 13.0. The standard InChI is InChI=1S/C20H23FO/c1-15(2)20(13-17-8-10-19(21)11-9-17)18(14-22)12-16-6-4-3-5-7-16/h3-11,14-15,18,20H,12-13H2,1-2H3/t18-,20-/m1/s1. The molecule has 0 N–H and O–H groups in total. The number of benzene rings is 2. The van der Waals surface area contributed by atoms with Crippen LogP contribution < -0.4 is 0 Å². The molecule has 0 aliphatic carbocycles. The molecule has 0 unspecified atom stereocenters. The lowest BCUT2D eigenvalue weighted by Gasteiger charge is -2.27. The minimum absolute atomic E-state index is 0.0209. The van der Waals surface area contributed by atoms with Crippen LogP contribution in [0, 0.1) is 23.6 Å². The van der Waals surface area contributed by atoms with E-state index in [1.165, 1.54) is 17.7 Å². The molecular formula is C20H23FO. The van der Waals surface area contributed by atoms with Crippen LogP contribution in [0.15, 0.2) is 54.6 Å². The van der Waals surface area contributed by atoms with Crippen molar-refractivity contribution in [2.75, 3.05) is 0 Å². The molecule has 116 valence electrons. The zero-order chi connectivity index (χ0) is 15.9. The first-order chi connectivity index (χ1) is 10.6. The summed E-state index contributed by atoms with van der Waals surface area (Å²) in [6.45, 7) is 4.30. The van der Waals surface area contributed by atoms with E-state index in [4.69, 9.17) is 0 Å². The van der Waals surface area contributed by atoms with Gasteiger partial charge in [0.15, 0.2) is 0 Å². The van der Waals surface area contributed by atoms with Crippen molar-refractivity contribution in [2.24, 2.45) is 17.8 Å². The molecule has 0 saturated heterocycles. The minimum Gasteiger partial charge on any atom is -0.303 e. The number of hydrogen-bond acceptors (Lipinski definition) is 1. The average molecular weight is 298 g/mol. The fourth-order valence-corrected chi connectivity index (χ4v) is 2.96. The van der Waals surface area contributed by atoms with E-state index in [1.807, 2.05) is 30.3 Å². The highest BCUT2D eigenvalue weighted by Crippen LogP contribution is 2.27. The molecule has 0 bridgehead atoms. The predicted octanol–water partition coefficient (Wildman–Crippen LogP) is 4.70. The second-order valence-corrected chi connectivity index (χ2v) is 6.23. The monoisotopic (exact) mass is 298 g/mol. The van der Waals surface area contributed by atoms with Crippen LogP contribution in [0.5, 0.6) is 0 Å². The molecule has 0 radical (unpaired) electrons. The van der Waals surface area contributed by atoms with E-state index in [1.54, 1.807) is 0 Å². The van der Waals surface area contributed by atoms with E-state index in [2.05, 4.69) is 26.0 Å². The first-order valence-electron chi connectivity index (χ1n) is 7.84. The van der Waals surface area contributed by atoms with Crippen LogP contribution in [0.3, 0.4) is 0 Å². The van der Waals surface area contributed by atoms with Gasteiger partial charge in [0, 0.05) is 5.92 Å². The first kappa shape index (κ1) is 16.4. The maximum Gasteiger partial charge on any atom is 0.123 e. The molecule has 0 amide bonds. The molecule has 1 nitrogen and oxygen atoms in total. The SMILES string of the molecule is CC(C)[C@@H](Cc1ccc(F)cc1)[C@@H](C=O)Cc1ccccc1. The fraction of sp³-hybridized carbons (Fsp3) is 0.350. The van der Waals surface area contributed by atoms with Crippen LogP contribution in [-0.4, -0.2) is 6.29 Å². The molecule has 0 spiro atoms. The van der Waals surface area contributed by atoms with Crippen LogP contribution in [0.2, 0.25) is 0 Å². The zero-order valence-corrected chi connectivity index (χ0v) is 13.2. The van der Waals surface area contributed by atoms with Gasteiger partial charge in [0.1, 0.15) is 12.1 Å². The van der Waals surface area contributed by atoms with Crippen molar-refractivity contribution >= 4 is 6.29 Å². The maximum absolute atomic E-state index is 13.0. The Morgan fingerprint density at radius 1 is 0.909 bits per heavy atom. The Kier molecular flexibility index (Phi) is 5.88. The lowest BCUT2D eigenvalue weighted by atomic mass is 9.77. The number of rotatable bonds is 7. The molecule has 2 aromatic rings. The first-order valence-corrected chi connectivity index (χ1v) is 7.84. The van der Waals surface area contributed by atoms with Gasteiger partial charge in [-0.05, 0) is 47.9 Å². The van der Waals surface area contributed by atoms with Gasteiger partial charge in [-0.15, -0.1) is 0 Å². The molecule has 2 heteroatoms. The topological polar surface area (TPSA) is 17.1 Å². The van der Waals surface area contributed by atoms with Crippen molar-refractivity contribution in [3.8, 4) is 0 Å². The second kappa shape index (κ2) is 7.88. The van der Waals surface area contributed by atoms with Gasteiger partial charge < -0.3 is 4.79 Å². The summed E-state index contributed by atoms with van der Waals surface area (Å²) in [5.41, 5.74) is 2.27. The molecule has 0 saturated carbocycles. The molecule has 0 aliphatic heterocycles. The Labute approximate surface area is 132 Å². The summed E-state index contributed by atoms with van der Waals surface area (Å²) in [6.07, 6.45) is 2.64. The van der Waals surface area contributed by atoms with E-state index in [9.17, 15) is 9.18 Å². The molecular weight excluding hydrogens is 275 g/mol. The fourth-order valence-electron chi connectivity index (χ4n) is 2.96. The number of carbonyl (C=O) groups excluding carboxylic acids is 1. The summed E-state index contributed by atoms with van der Waals surface area (Å²) in [5.74, 6) is 0.403. The molecule has 22 heavy (non-hydrogen) atoms. The van der Waals surface area contributed by atoms with Crippen LogP contribution >= 0.6 is 0 Å². The van der Waals surface area contributed by atoms with Crippen molar-refractivity contribution in [1.82, 2.24) is 0 Å². The summed E-state index contributed by atoms with van der Waals surface area (Å²) in [5, 5.41) is 0. The Hall–Kier alpha value is -1.96. The average Bonchev–Trinajstić information content (AvgIpc) is 2.53. The summed E-state index contributed by atoms with van der Waals surface area (Å²) in [6, 6.07) is 16.7. The van der Waals surface area contributed by atoms with Crippen molar-refractivity contribution in [2.45, 2.75) is 26.7 Å². The molecule has 2 atom stereocenters. The third-order valence-corrected chi connectivity index (χ3v) is 4.28. The van der Waals surface area contributed by atoms with Gasteiger partial charge in [-0.2, -0.15) is 0 Å². The van der Waals surface area contributed by atoms with Crippen molar-refractivity contribution in [3.05, 3.63) is 71.5 Å². The smallest absolute Gasteiger partial charge is 0.123 e. The third-order valence-electron chi connectivity index (χ3n) is 4.28. The van der Waals surface area contributed by atoms with Crippen molar-refractivity contribution in [3.63, 3.8) is 0 Å². The van der Waals surface area contributed by atoms with Gasteiger partial charge in [-0.25, -0.2) is 4.39 Å². The Balaban J connectivity index is 2.14. The number of carbonyl (C=O) groups is 1. The van der Waals surface area contributed by atoms with Crippen LogP contribution in [0.25, 0.3) is 0 Å².